The van der Waals surface area contributed by atoms with E-state index in [9.17, 15) is 14.4 Å². The van der Waals surface area contributed by atoms with Crippen LogP contribution in [-0.4, -0.2) is 31.0 Å². The standard InChI is InChI=1S/C20H24N2O5S/c1-4-26-20(25)17-13(9-12(2)3)11-28-19(17)22-16(23)10-27-15-8-6-5-7-14(15)18(21)24/h5-8,11-12H,4,9-10H2,1-3H3,(H2,21,24)(H,22,23). The Morgan fingerprint density at radius 3 is 2.57 bits per heavy atom. The van der Waals surface area contributed by atoms with Crippen molar-refractivity contribution >= 4 is 34.1 Å². The second-order valence-electron chi connectivity index (χ2n) is 6.48. The Bertz CT molecular complexity index is 860. The van der Waals surface area contributed by atoms with Crippen molar-refractivity contribution in [3.63, 3.8) is 0 Å². The number of carbonyl (C=O) groups is 3. The van der Waals surface area contributed by atoms with Crippen molar-refractivity contribution in [1.29, 1.82) is 0 Å². The highest BCUT2D eigenvalue weighted by atomic mass is 32.1. The zero-order chi connectivity index (χ0) is 20.7. The van der Waals surface area contributed by atoms with Gasteiger partial charge in [-0.15, -0.1) is 11.3 Å². The number of hydrogen-bond donors (Lipinski definition) is 2. The van der Waals surface area contributed by atoms with Gasteiger partial charge in [0.25, 0.3) is 11.8 Å². The summed E-state index contributed by atoms with van der Waals surface area (Å²) in [5, 5.41) is 4.97. The highest BCUT2D eigenvalue weighted by Gasteiger charge is 2.22. The third-order valence-electron chi connectivity index (χ3n) is 3.74. The Morgan fingerprint density at radius 1 is 1.21 bits per heavy atom. The fourth-order valence-corrected chi connectivity index (χ4v) is 3.58. The molecule has 0 aliphatic carbocycles. The molecular formula is C20H24N2O5S. The Labute approximate surface area is 167 Å². The van der Waals surface area contributed by atoms with E-state index >= 15 is 0 Å². The number of amides is 2. The number of nitrogens with one attached hydrogen (secondary N) is 1. The summed E-state index contributed by atoms with van der Waals surface area (Å²) >= 11 is 1.27. The number of benzene rings is 1. The van der Waals surface area contributed by atoms with Crippen LogP contribution in [0.1, 0.15) is 47.1 Å². The summed E-state index contributed by atoms with van der Waals surface area (Å²) < 4.78 is 10.6. The monoisotopic (exact) mass is 404 g/mol. The molecule has 0 spiro atoms. The maximum Gasteiger partial charge on any atom is 0.341 e. The lowest BCUT2D eigenvalue weighted by Gasteiger charge is -2.11. The Hall–Kier alpha value is -2.87. The third-order valence-corrected chi connectivity index (χ3v) is 4.68. The molecule has 0 atom stereocenters. The van der Waals surface area contributed by atoms with E-state index < -0.39 is 17.8 Å². The number of hydrogen-bond acceptors (Lipinski definition) is 6. The van der Waals surface area contributed by atoms with E-state index in [0.29, 0.717) is 22.9 Å². The molecule has 3 N–H and O–H groups in total. The number of nitrogens with two attached hydrogens (primary N) is 1. The van der Waals surface area contributed by atoms with Gasteiger partial charge in [0, 0.05) is 0 Å². The molecule has 0 saturated carbocycles. The summed E-state index contributed by atoms with van der Waals surface area (Å²) in [5.41, 5.74) is 6.71. The largest absolute Gasteiger partial charge is 0.483 e. The van der Waals surface area contributed by atoms with Gasteiger partial charge in [-0.2, -0.15) is 0 Å². The van der Waals surface area contributed by atoms with Gasteiger partial charge in [0.05, 0.1) is 17.7 Å². The van der Waals surface area contributed by atoms with E-state index in [2.05, 4.69) is 19.2 Å². The smallest absolute Gasteiger partial charge is 0.341 e. The minimum atomic E-state index is -0.641. The summed E-state index contributed by atoms with van der Waals surface area (Å²) in [7, 11) is 0. The highest BCUT2D eigenvalue weighted by Crippen LogP contribution is 2.31. The van der Waals surface area contributed by atoms with Crippen molar-refractivity contribution in [1.82, 2.24) is 0 Å². The Morgan fingerprint density at radius 2 is 1.93 bits per heavy atom. The molecule has 2 aromatic rings. The SMILES string of the molecule is CCOC(=O)c1c(CC(C)C)csc1NC(=O)COc1ccccc1C(N)=O. The molecular weight excluding hydrogens is 380 g/mol. The molecule has 1 aromatic heterocycles. The molecule has 150 valence electrons. The second kappa shape index (κ2) is 9.89. The number of rotatable bonds is 9. The zero-order valence-corrected chi connectivity index (χ0v) is 16.9. The summed E-state index contributed by atoms with van der Waals surface area (Å²) in [6.07, 6.45) is 0.697. The summed E-state index contributed by atoms with van der Waals surface area (Å²) in [4.78, 5) is 36.1. The first-order valence-electron chi connectivity index (χ1n) is 8.92. The molecule has 28 heavy (non-hydrogen) atoms. The van der Waals surface area contributed by atoms with Crippen LogP contribution in [0.15, 0.2) is 29.6 Å². The van der Waals surface area contributed by atoms with Gasteiger partial charge in [-0.25, -0.2) is 4.79 Å². The van der Waals surface area contributed by atoms with E-state index in [-0.39, 0.29) is 24.5 Å². The number of esters is 1. The van der Waals surface area contributed by atoms with Crippen LogP contribution >= 0.6 is 11.3 Å². The lowest BCUT2D eigenvalue weighted by atomic mass is 10.0. The molecule has 0 saturated heterocycles. The van der Waals surface area contributed by atoms with Gasteiger partial charge in [-0.3, -0.25) is 9.59 Å². The lowest BCUT2D eigenvalue weighted by molar-refractivity contribution is -0.118. The van der Waals surface area contributed by atoms with Crippen molar-refractivity contribution in [3.05, 3.63) is 46.3 Å². The summed E-state index contributed by atoms with van der Waals surface area (Å²) in [6.45, 7) is 5.75. The number of carbonyl (C=O) groups excluding carboxylic acids is 3. The van der Waals surface area contributed by atoms with Crippen LogP contribution in [0.3, 0.4) is 0 Å². The van der Waals surface area contributed by atoms with Crippen LogP contribution in [0.5, 0.6) is 5.75 Å². The number of primary amides is 1. The van der Waals surface area contributed by atoms with E-state index in [1.165, 1.54) is 17.4 Å². The van der Waals surface area contributed by atoms with Crippen molar-refractivity contribution < 1.29 is 23.9 Å². The van der Waals surface area contributed by atoms with Gasteiger partial charge in [0.2, 0.25) is 0 Å². The molecule has 2 rings (SSSR count). The third kappa shape index (κ3) is 5.56. The molecule has 7 nitrogen and oxygen atoms in total. The molecule has 0 bridgehead atoms. The van der Waals surface area contributed by atoms with Gasteiger partial charge < -0.3 is 20.5 Å². The summed E-state index contributed by atoms with van der Waals surface area (Å²) in [5.74, 6) is -0.989. The predicted octanol–water partition coefficient (Wildman–Crippen LogP) is 3.24. The van der Waals surface area contributed by atoms with E-state index in [1.54, 1.807) is 25.1 Å². The fourth-order valence-electron chi connectivity index (χ4n) is 2.60. The van der Waals surface area contributed by atoms with Crippen LogP contribution < -0.4 is 15.8 Å². The molecule has 0 aliphatic heterocycles. The second-order valence-corrected chi connectivity index (χ2v) is 7.36. The first kappa shape index (κ1) is 21.4. The Kier molecular flexibility index (Phi) is 7.57. The molecule has 0 aliphatic rings. The first-order valence-corrected chi connectivity index (χ1v) is 9.80. The predicted molar refractivity (Wildman–Crippen MR) is 108 cm³/mol. The molecule has 8 heteroatoms. The van der Waals surface area contributed by atoms with Crippen LogP contribution in [0.4, 0.5) is 5.00 Å². The molecule has 2 amide bonds. The Balaban J connectivity index is 2.12. The average molecular weight is 404 g/mol. The van der Waals surface area contributed by atoms with Crippen molar-refractivity contribution in [2.45, 2.75) is 27.2 Å². The van der Waals surface area contributed by atoms with Crippen LogP contribution in [0.2, 0.25) is 0 Å². The highest BCUT2D eigenvalue weighted by molar-refractivity contribution is 7.15. The van der Waals surface area contributed by atoms with Gasteiger partial charge >= 0.3 is 5.97 Å². The van der Waals surface area contributed by atoms with Crippen molar-refractivity contribution in [2.75, 3.05) is 18.5 Å². The van der Waals surface area contributed by atoms with Crippen LogP contribution in [0.25, 0.3) is 0 Å². The minimum absolute atomic E-state index is 0.192. The molecule has 0 unspecified atom stereocenters. The minimum Gasteiger partial charge on any atom is -0.483 e. The van der Waals surface area contributed by atoms with Crippen LogP contribution in [-0.2, 0) is 16.0 Å². The van der Waals surface area contributed by atoms with E-state index in [0.717, 1.165) is 5.56 Å². The van der Waals surface area contributed by atoms with Gasteiger partial charge in [0.15, 0.2) is 6.61 Å². The van der Waals surface area contributed by atoms with Crippen molar-refractivity contribution in [3.8, 4) is 5.75 Å². The van der Waals surface area contributed by atoms with E-state index in [4.69, 9.17) is 15.2 Å². The number of thiophene rings is 1. The van der Waals surface area contributed by atoms with Crippen molar-refractivity contribution in [2.24, 2.45) is 11.7 Å². The van der Waals surface area contributed by atoms with E-state index in [1.807, 2.05) is 5.38 Å². The topological polar surface area (TPSA) is 108 Å². The van der Waals surface area contributed by atoms with Crippen LogP contribution in [0, 0.1) is 5.92 Å². The number of ether oxygens (including phenoxy) is 2. The lowest BCUT2D eigenvalue weighted by Crippen LogP contribution is -2.22. The number of para-hydroxylation sites is 1. The zero-order valence-electron chi connectivity index (χ0n) is 16.1. The molecule has 0 fully saturated rings. The molecule has 1 aromatic carbocycles. The number of anilines is 1. The molecule has 0 radical (unpaired) electrons. The average Bonchev–Trinajstić information content (AvgIpc) is 3.01. The van der Waals surface area contributed by atoms with Gasteiger partial charge in [0.1, 0.15) is 10.8 Å². The normalized spacial score (nSPS) is 10.6. The molecule has 1 heterocycles. The maximum atomic E-state index is 12.4. The fraction of sp³-hybridized carbons (Fsp3) is 0.350. The summed E-state index contributed by atoms with van der Waals surface area (Å²) in [6, 6.07) is 6.41. The van der Waals surface area contributed by atoms with Gasteiger partial charge in [-0.05, 0) is 42.3 Å². The maximum absolute atomic E-state index is 12.4. The first-order chi connectivity index (χ1) is 13.3. The quantitative estimate of drug-likeness (QED) is 0.624. The van der Waals surface area contributed by atoms with Gasteiger partial charge in [-0.1, -0.05) is 26.0 Å².